The molecule has 1 nitrogen and oxygen atoms in total. The van der Waals surface area contributed by atoms with E-state index in [9.17, 15) is 17.6 Å². The number of hydrogen-bond donors (Lipinski definition) is 1. The van der Waals surface area contributed by atoms with Crippen molar-refractivity contribution < 1.29 is 17.6 Å². The number of aryl methyl sites for hydroxylation is 2. The highest BCUT2D eigenvalue weighted by Crippen LogP contribution is 2.46. The number of halogens is 4. The van der Waals surface area contributed by atoms with Crippen molar-refractivity contribution in [1.82, 2.24) is 0 Å². The van der Waals surface area contributed by atoms with E-state index in [1.807, 2.05) is 0 Å². The third-order valence-corrected chi connectivity index (χ3v) is 4.18. The van der Waals surface area contributed by atoms with Crippen LogP contribution in [-0.2, 0) is 5.54 Å². The van der Waals surface area contributed by atoms with Crippen molar-refractivity contribution in [2.45, 2.75) is 51.2 Å². The molecule has 0 spiro atoms. The first-order valence-electron chi connectivity index (χ1n) is 6.76. The number of alkyl halides is 3. The van der Waals surface area contributed by atoms with Crippen LogP contribution < -0.4 is 5.73 Å². The van der Waals surface area contributed by atoms with E-state index >= 15 is 0 Å². The molecule has 1 aliphatic rings. The van der Waals surface area contributed by atoms with Gasteiger partial charge in [0.25, 0.3) is 0 Å². The third kappa shape index (κ3) is 2.82. The summed E-state index contributed by atoms with van der Waals surface area (Å²) in [6.45, 7) is 3.46. The van der Waals surface area contributed by atoms with E-state index in [0.29, 0.717) is 18.4 Å². The zero-order valence-corrected chi connectivity index (χ0v) is 11.6. The molecule has 0 bridgehead atoms. The minimum absolute atomic E-state index is 0.0784. The molecule has 2 unspecified atom stereocenters. The fraction of sp³-hybridized carbons (Fsp3) is 0.600. The summed E-state index contributed by atoms with van der Waals surface area (Å²) in [5, 5.41) is 0. The summed E-state index contributed by atoms with van der Waals surface area (Å²) in [4.78, 5) is 0. The van der Waals surface area contributed by atoms with Crippen LogP contribution in [0.2, 0.25) is 0 Å². The molecule has 20 heavy (non-hydrogen) atoms. The van der Waals surface area contributed by atoms with Gasteiger partial charge in [0.05, 0.1) is 5.92 Å². The Morgan fingerprint density at radius 2 is 1.90 bits per heavy atom. The molecular formula is C15H19F4N. The summed E-state index contributed by atoms with van der Waals surface area (Å²) in [5.41, 5.74) is 6.58. The minimum atomic E-state index is -4.26. The second-order valence-electron chi connectivity index (χ2n) is 5.93. The molecule has 1 fully saturated rings. The molecule has 0 saturated heterocycles. The monoisotopic (exact) mass is 289 g/mol. The van der Waals surface area contributed by atoms with Crippen LogP contribution in [0.15, 0.2) is 12.1 Å². The highest BCUT2D eigenvalue weighted by molar-refractivity contribution is 5.37. The Labute approximate surface area is 116 Å². The standard InChI is InChI=1S/C15H19F4N/c1-9-6-10(2)13(12(16)7-9)14(20)5-3-4-11(8-14)15(17,18)19/h6-7,11H,3-5,8,20H2,1-2H3. The lowest BCUT2D eigenvalue weighted by Crippen LogP contribution is -2.46. The lowest BCUT2D eigenvalue weighted by molar-refractivity contribution is -0.187. The first kappa shape index (κ1) is 15.3. The Morgan fingerprint density at radius 1 is 1.25 bits per heavy atom. The maximum absolute atomic E-state index is 14.2. The fourth-order valence-electron chi connectivity index (χ4n) is 3.36. The van der Waals surface area contributed by atoms with Gasteiger partial charge in [0.2, 0.25) is 0 Å². The number of benzene rings is 1. The molecule has 2 atom stereocenters. The van der Waals surface area contributed by atoms with Gasteiger partial charge in [-0.2, -0.15) is 13.2 Å². The quantitative estimate of drug-likeness (QED) is 0.764. The van der Waals surface area contributed by atoms with Crippen LogP contribution >= 0.6 is 0 Å². The molecule has 0 aromatic heterocycles. The van der Waals surface area contributed by atoms with Crippen molar-refractivity contribution in [1.29, 1.82) is 0 Å². The van der Waals surface area contributed by atoms with Gasteiger partial charge in [-0.25, -0.2) is 4.39 Å². The second-order valence-corrected chi connectivity index (χ2v) is 5.93. The summed E-state index contributed by atoms with van der Waals surface area (Å²) in [6.07, 6.45) is -3.67. The minimum Gasteiger partial charge on any atom is -0.321 e. The molecule has 1 aromatic rings. The fourth-order valence-corrected chi connectivity index (χ4v) is 3.36. The van der Waals surface area contributed by atoms with E-state index in [4.69, 9.17) is 5.73 Å². The first-order valence-corrected chi connectivity index (χ1v) is 6.76. The van der Waals surface area contributed by atoms with Gasteiger partial charge in [-0.05, 0) is 50.3 Å². The van der Waals surface area contributed by atoms with Crippen molar-refractivity contribution in [3.63, 3.8) is 0 Å². The Kier molecular flexibility index (Phi) is 3.84. The molecule has 0 radical (unpaired) electrons. The molecule has 0 heterocycles. The Morgan fingerprint density at radius 3 is 2.45 bits per heavy atom. The number of hydrogen-bond acceptors (Lipinski definition) is 1. The van der Waals surface area contributed by atoms with Crippen LogP contribution in [0.25, 0.3) is 0 Å². The van der Waals surface area contributed by atoms with Crippen LogP contribution in [0.3, 0.4) is 0 Å². The van der Waals surface area contributed by atoms with Crippen molar-refractivity contribution in [2.75, 3.05) is 0 Å². The van der Waals surface area contributed by atoms with Crippen molar-refractivity contribution in [2.24, 2.45) is 11.7 Å². The molecule has 0 amide bonds. The highest BCUT2D eigenvalue weighted by atomic mass is 19.4. The van der Waals surface area contributed by atoms with Gasteiger partial charge in [0.15, 0.2) is 0 Å². The van der Waals surface area contributed by atoms with Gasteiger partial charge in [-0.3, -0.25) is 0 Å². The van der Waals surface area contributed by atoms with Crippen molar-refractivity contribution in [3.8, 4) is 0 Å². The predicted molar refractivity (Wildman–Crippen MR) is 69.8 cm³/mol. The third-order valence-electron chi connectivity index (χ3n) is 4.18. The SMILES string of the molecule is Cc1cc(C)c(C2(N)CCCC(C(F)(F)F)C2)c(F)c1. The Hall–Kier alpha value is -1.10. The largest absolute Gasteiger partial charge is 0.391 e. The Bertz CT molecular complexity index is 486. The number of rotatable bonds is 1. The lowest BCUT2D eigenvalue weighted by atomic mass is 9.71. The zero-order chi connectivity index (χ0) is 15.1. The molecule has 5 heteroatoms. The van der Waals surface area contributed by atoms with E-state index in [2.05, 4.69) is 0 Å². The van der Waals surface area contributed by atoms with Gasteiger partial charge in [-0.1, -0.05) is 12.5 Å². The van der Waals surface area contributed by atoms with Gasteiger partial charge in [0.1, 0.15) is 5.82 Å². The molecule has 0 aliphatic heterocycles. The van der Waals surface area contributed by atoms with Crippen LogP contribution in [0.5, 0.6) is 0 Å². The summed E-state index contributed by atoms with van der Waals surface area (Å²) in [7, 11) is 0. The van der Waals surface area contributed by atoms with Gasteiger partial charge < -0.3 is 5.73 Å². The van der Waals surface area contributed by atoms with E-state index in [1.54, 1.807) is 19.9 Å². The van der Waals surface area contributed by atoms with Crippen LogP contribution in [0.4, 0.5) is 17.6 Å². The van der Waals surface area contributed by atoms with E-state index in [0.717, 1.165) is 5.56 Å². The van der Waals surface area contributed by atoms with Crippen LogP contribution in [-0.4, -0.2) is 6.18 Å². The maximum atomic E-state index is 14.2. The van der Waals surface area contributed by atoms with E-state index in [-0.39, 0.29) is 18.4 Å². The van der Waals surface area contributed by atoms with Crippen molar-refractivity contribution >= 4 is 0 Å². The van der Waals surface area contributed by atoms with Crippen LogP contribution in [0.1, 0.15) is 42.4 Å². The zero-order valence-electron chi connectivity index (χ0n) is 11.6. The molecule has 1 saturated carbocycles. The predicted octanol–water partition coefficient (Wildman–Crippen LogP) is 4.35. The van der Waals surface area contributed by atoms with E-state index < -0.39 is 23.5 Å². The lowest BCUT2D eigenvalue weighted by Gasteiger charge is -2.40. The molecular weight excluding hydrogens is 270 g/mol. The average molecular weight is 289 g/mol. The number of nitrogens with two attached hydrogens (primary N) is 1. The maximum Gasteiger partial charge on any atom is 0.391 e. The van der Waals surface area contributed by atoms with Gasteiger partial charge >= 0.3 is 6.18 Å². The average Bonchev–Trinajstić information content (AvgIpc) is 2.25. The van der Waals surface area contributed by atoms with Gasteiger partial charge in [-0.15, -0.1) is 0 Å². The second kappa shape index (κ2) is 5.02. The summed E-state index contributed by atoms with van der Waals surface area (Å²) < 4.78 is 53.0. The summed E-state index contributed by atoms with van der Waals surface area (Å²) in [5.74, 6) is -1.94. The molecule has 1 aromatic carbocycles. The topological polar surface area (TPSA) is 26.0 Å². The molecule has 1 aliphatic carbocycles. The summed E-state index contributed by atoms with van der Waals surface area (Å²) >= 11 is 0. The Balaban J connectivity index is 2.40. The highest BCUT2D eigenvalue weighted by Gasteiger charge is 2.47. The van der Waals surface area contributed by atoms with Gasteiger partial charge in [0, 0.05) is 11.1 Å². The van der Waals surface area contributed by atoms with E-state index in [1.165, 1.54) is 6.07 Å². The van der Waals surface area contributed by atoms with Crippen LogP contribution in [0, 0.1) is 25.6 Å². The smallest absolute Gasteiger partial charge is 0.321 e. The normalized spacial score (nSPS) is 27.6. The van der Waals surface area contributed by atoms with Crippen molar-refractivity contribution in [3.05, 3.63) is 34.6 Å². The molecule has 112 valence electrons. The first-order chi connectivity index (χ1) is 9.13. The molecule has 2 N–H and O–H groups in total. The molecule has 2 rings (SSSR count). The summed E-state index contributed by atoms with van der Waals surface area (Å²) in [6, 6.07) is 3.11.